The summed E-state index contributed by atoms with van der Waals surface area (Å²) in [5, 5.41) is 10.3. The van der Waals surface area contributed by atoms with Gasteiger partial charge in [0.2, 0.25) is 10.0 Å². The highest BCUT2D eigenvalue weighted by Crippen LogP contribution is 2.37. The van der Waals surface area contributed by atoms with Gasteiger partial charge in [0.05, 0.1) is 11.0 Å². The number of fused-ring (bicyclic) bond motifs is 1. The molecule has 1 aliphatic rings. The molecule has 0 saturated heterocycles. The van der Waals surface area contributed by atoms with Crippen LogP contribution < -0.4 is 0 Å². The zero-order valence-corrected chi connectivity index (χ0v) is 13.4. The van der Waals surface area contributed by atoms with E-state index in [4.69, 9.17) is 0 Å². The first kappa shape index (κ1) is 15.2. The smallest absolute Gasteiger partial charge is 0.243 e. The Morgan fingerprint density at radius 1 is 1.05 bits per heavy atom. The van der Waals surface area contributed by atoms with Crippen LogP contribution in [0.2, 0.25) is 0 Å². The molecule has 1 aliphatic heterocycles. The predicted molar refractivity (Wildman–Crippen MR) is 84.9 cm³/mol. The van der Waals surface area contributed by atoms with E-state index >= 15 is 0 Å². The second kappa shape index (κ2) is 5.50. The average molecular weight is 317 g/mol. The van der Waals surface area contributed by atoms with E-state index in [0.29, 0.717) is 0 Å². The third-order valence-corrected chi connectivity index (χ3v) is 6.17. The largest absolute Gasteiger partial charge is 0.387 e. The molecule has 0 aromatic heterocycles. The monoisotopic (exact) mass is 317 g/mol. The molecule has 2 aromatic carbocycles. The van der Waals surface area contributed by atoms with Crippen LogP contribution in [-0.4, -0.2) is 24.4 Å². The molecule has 0 spiro atoms. The second-order valence-electron chi connectivity index (χ2n) is 5.71. The fraction of sp³-hybridized carbons (Fsp3) is 0.294. The van der Waals surface area contributed by atoms with Crippen LogP contribution in [0.5, 0.6) is 0 Å². The van der Waals surface area contributed by atoms with Crippen LogP contribution >= 0.6 is 0 Å². The van der Waals surface area contributed by atoms with Crippen molar-refractivity contribution in [1.29, 1.82) is 0 Å². The van der Waals surface area contributed by atoms with Gasteiger partial charge in [0.1, 0.15) is 0 Å². The number of sulfonamides is 1. The maximum Gasteiger partial charge on any atom is 0.243 e. The van der Waals surface area contributed by atoms with Crippen molar-refractivity contribution in [3.63, 3.8) is 0 Å². The van der Waals surface area contributed by atoms with Gasteiger partial charge in [-0.15, -0.1) is 0 Å². The van der Waals surface area contributed by atoms with Gasteiger partial charge in [-0.05, 0) is 37.1 Å². The molecule has 1 heterocycles. The molecule has 0 amide bonds. The normalized spacial score (nSPS) is 22.3. The first-order chi connectivity index (χ1) is 10.4. The lowest BCUT2D eigenvalue weighted by Crippen LogP contribution is -2.40. The minimum atomic E-state index is -3.63. The second-order valence-corrected chi connectivity index (χ2v) is 7.60. The van der Waals surface area contributed by atoms with Crippen LogP contribution in [0.3, 0.4) is 0 Å². The number of β-amino-alcohol motifs (C(OH)–C–C–N with tert-alkyl or cyclic N) is 1. The number of hydrogen-bond donors (Lipinski definition) is 1. The van der Waals surface area contributed by atoms with Crippen molar-refractivity contribution in [2.45, 2.75) is 30.9 Å². The highest BCUT2D eigenvalue weighted by molar-refractivity contribution is 7.89. The highest BCUT2D eigenvalue weighted by Gasteiger charge is 2.37. The van der Waals surface area contributed by atoms with E-state index in [0.717, 1.165) is 16.7 Å². The quantitative estimate of drug-likeness (QED) is 0.926. The Hall–Kier alpha value is -1.69. The van der Waals surface area contributed by atoms with E-state index in [2.05, 4.69) is 0 Å². The van der Waals surface area contributed by atoms with E-state index in [-0.39, 0.29) is 17.5 Å². The van der Waals surface area contributed by atoms with E-state index in [1.165, 1.54) is 4.31 Å². The molecule has 0 aliphatic carbocycles. The standard InChI is InChI=1S/C17H19NO3S/c1-12-7-9-14(10-8-12)22(20,21)18-11-17(19)16-6-4-3-5-15(16)13(18)2/h3-10,13,17,19H,11H2,1-2H3/t13-,17+/m0/s1. The molecule has 0 unspecified atom stereocenters. The van der Waals surface area contributed by atoms with Crippen LogP contribution in [0, 0.1) is 6.92 Å². The van der Waals surface area contributed by atoms with Gasteiger partial charge in [0.25, 0.3) is 0 Å². The summed E-state index contributed by atoms with van der Waals surface area (Å²) < 4.78 is 27.1. The lowest BCUT2D eigenvalue weighted by atomic mass is 9.93. The molecular weight excluding hydrogens is 298 g/mol. The lowest BCUT2D eigenvalue weighted by molar-refractivity contribution is 0.118. The summed E-state index contributed by atoms with van der Waals surface area (Å²) in [6.07, 6.45) is -0.798. The van der Waals surface area contributed by atoms with Crippen LogP contribution in [0.1, 0.15) is 35.8 Å². The number of rotatable bonds is 2. The van der Waals surface area contributed by atoms with Gasteiger partial charge in [0.15, 0.2) is 0 Å². The van der Waals surface area contributed by atoms with Crippen molar-refractivity contribution in [2.24, 2.45) is 0 Å². The van der Waals surface area contributed by atoms with Gasteiger partial charge in [-0.2, -0.15) is 4.31 Å². The van der Waals surface area contributed by atoms with Gasteiger partial charge in [0, 0.05) is 12.6 Å². The molecule has 0 radical (unpaired) electrons. The summed E-state index contributed by atoms with van der Waals surface area (Å²) in [4.78, 5) is 0.261. The van der Waals surface area contributed by atoms with Crippen LogP contribution in [-0.2, 0) is 10.0 Å². The predicted octanol–water partition coefficient (Wildman–Crippen LogP) is 2.79. The van der Waals surface area contributed by atoms with Gasteiger partial charge < -0.3 is 5.11 Å². The number of hydrogen-bond acceptors (Lipinski definition) is 3. The topological polar surface area (TPSA) is 57.6 Å². The number of benzene rings is 2. The molecule has 2 aromatic rings. The summed E-state index contributed by atoms with van der Waals surface area (Å²) in [6.45, 7) is 3.85. The number of aryl methyl sites for hydroxylation is 1. The number of nitrogens with zero attached hydrogens (tertiary/aromatic N) is 1. The Kier molecular flexibility index (Phi) is 3.80. The molecule has 4 nitrogen and oxygen atoms in total. The Balaban J connectivity index is 2.04. The third-order valence-electron chi connectivity index (χ3n) is 4.22. The number of aliphatic hydroxyl groups excluding tert-OH is 1. The zero-order chi connectivity index (χ0) is 15.9. The van der Waals surface area contributed by atoms with Gasteiger partial charge in [-0.1, -0.05) is 42.0 Å². The van der Waals surface area contributed by atoms with E-state index in [1.54, 1.807) is 24.3 Å². The molecule has 5 heteroatoms. The molecule has 3 rings (SSSR count). The Morgan fingerprint density at radius 2 is 1.64 bits per heavy atom. The van der Waals surface area contributed by atoms with E-state index < -0.39 is 16.1 Å². The molecule has 0 saturated carbocycles. The Morgan fingerprint density at radius 3 is 2.27 bits per heavy atom. The summed E-state index contributed by atoms with van der Waals surface area (Å²) in [6, 6.07) is 14.0. The zero-order valence-electron chi connectivity index (χ0n) is 12.6. The van der Waals surface area contributed by atoms with Crippen molar-refractivity contribution in [3.05, 3.63) is 65.2 Å². The molecule has 22 heavy (non-hydrogen) atoms. The average Bonchev–Trinajstić information content (AvgIpc) is 2.51. The van der Waals surface area contributed by atoms with Crippen molar-refractivity contribution in [2.75, 3.05) is 6.54 Å². The molecule has 2 atom stereocenters. The van der Waals surface area contributed by atoms with Gasteiger partial charge in [-0.25, -0.2) is 8.42 Å². The Bertz CT molecular complexity index is 784. The van der Waals surface area contributed by atoms with Crippen LogP contribution in [0.15, 0.2) is 53.4 Å². The van der Waals surface area contributed by atoms with Crippen molar-refractivity contribution >= 4 is 10.0 Å². The number of aliphatic hydroxyl groups is 1. The van der Waals surface area contributed by atoms with Crippen LogP contribution in [0.4, 0.5) is 0 Å². The first-order valence-electron chi connectivity index (χ1n) is 7.26. The maximum atomic E-state index is 12.9. The lowest BCUT2D eigenvalue weighted by Gasteiger charge is -2.36. The molecule has 0 bridgehead atoms. The van der Waals surface area contributed by atoms with E-state index in [1.807, 2.05) is 38.1 Å². The highest BCUT2D eigenvalue weighted by atomic mass is 32.2. The molecule has 1 N–H and O–H groups in total. The molecule has 116 valence electrons. The summed E-state index contributed by atoms with van der Waals surface area (Å²) in [5.41, 5.74) is 2.68. The van der Waals surface area contributed by atoms with Gasteiger partial charge in [-0.3, -0.25) is 0 Å². The van der Waals surface area contributed by atoms with Crippen molar-refractivity contribution < 1.29 is 13.5 Å². The Labute approximate surface area is 131 Å². The first-order valence-corrected chi connectivity index (χ1v) is 8.70. The van der Waals surface area contributed by atoms with Crippen molar-refractivity contribution in [3.8, 4) is 0 Å². The van der Waals surface area contributed by atoms with Gasteiger partial charge >= 0.3 is 0 Å². The maximum absolute atomic E-state index is 12.9. The third kappa shape index (κ3) is 2.45. The summed E-state index contributed by atoms with van der Waals surface area (Å²) in [7, 11) is -3.63. The minimum Gasteiger partial charge on any atom is -0.387 e. The fourth-order valence-corrected chi connectivity index (χ4v) is 4.55. The SMILES string of the molecule is Cc1ccc(S(=O)(=O)N2C[C@@H](O)c3ccccc3[C@@H]2C)cc1. The fourth-order valence-electron chi connectivity index (χ4n) is 2.93. The van der Waals surface area contributed by atoms with Crippen molar-refractivity contribution in [1.82, 2.24) is 4.31 Å². The van der Waals surface area contributed by atoms with E-state index in [9.17, 15) is 13.5 Å². The minimum absolute atomic E-state index is 0.0778. The molecule has 0 fully saturated rings. The summed E-state index contributed by atoms with van der Waals surface area (Å²) >= 11 is 0. The molecular formula is C17H19NO3S. The van der Waals surface area contributed by atoms with Crippen LogP contribution in [0.25, 0.3) is 0 Å². The summed E-state index contributed by atoms with van der Waals surface area (Å²) in [5.74, 6) is 0.